The van der Waals surface area contributed by atoms with E-state index in [2.05, 4.69) is 28.1 Å². The van der Waals surface area contributed by atoms with E-state index in [9.17, 15) is 0 Å². The maximum atomic E-state index is 4.74. The molecule has 0 spiro atoms. The molecule has 0 aliphatic heterocycles. The highest BCUT2D eigenvalue weighted by atomic mass is 127. The van der Waals surface area contributed by atoms with Crippen molar-refractivity contribution in [1.82, 2.24) is 10.6 Å². The minimum absolute atomic E-state index is 0. The van der Waals surface area contributed by atoms with E-state index in [1.54, 1.807) is 0 Å². The fourth-order valence-electron chi connectivity index (χ4n) is 2.55. The van der Waals surface area contributed by atoms with Crippen molar-refractivity contribution in [2.24, 2.45) is 4.99 Å². The molecule has 3 nitrogen and oxygen atoms in total. The average Bonchev–Trinajstić information content (AvgIpc) is 2.90. The van der Waals surface area contributed by atoms with E-state index in [1.807, 2.05) is 11.3 Å². The minimum Gasteiger partial charge on any atom is -0.354 e. The lowest BCUT2D eigenvalue weighted by Gasteiger charge is -2.17. The van der Waals surface area contributed by atoms with Crippen molar-refractivity contribution in [2.45, 2.75) is 57.0 Å². The third-order valence-corrected chi connectivity index (χ3v) is 4.76. The number of hydrogen-bond acceptors (Lipinski definition) is 2. The molecule has 2 aliphatic rings. The topological polar surface area (TPSA) is 36.4 Å². The van der Waals surface area contributed by atoms with Gasteiger partial charge >= 0.3 is 0 Å². The first-order valence-corrected chi connectivity index (χ1v) is 8.38. The van der Waals surface area contributed by atoms with Gasteiger partial charge in [-0.1, -0.05) is 18.9 Å². The van der Waals surface area contributed by atoms with Crippen molar-refractivity contribution in [3.05, 3.63) is 22.4 Å². The van der Waals surface area contributed by atoms with Gasteiger partial charge in [-0.3, -0.25) is 4.99 Å². The molecule has 2 saturated carbocycles. The van der Waals surface area contributed by atoms with Gasteiger partial charge in [-0.05, 0) is 37.1 Å². The number of nitrogens with one attached hydrogen (secondary N) is 2. The Morgan fingerprint density at radius 1 is 1.15 bits per heavy atom. The summed E-state index contributed by atoms with van der Waals surface area (Å²) in [4.78, 5) is 6.17. The van der Waals surface area contributed by atoms with Crippen molar-refractivity contribution in [2.75, 3.05) is 6.54 Å². The maximum Gasteiger partial charge on any atom is 0.191 e. The van der Waals surface area contributed by atoms with Crippen LogP contribution in [0.2, 0.25) is 0 Å². The van der Waals surface area contributed by atoms with Gasteiger partial charge in [0.05, 0.1) is 0 Å². The third-order valence-electron chi connectivity index (χ3n) is 3.82. The summed E-state index contributed by atoms with van der Waals surface area (Å²) in [7, 11) is 0. The first-order chi connectivity index (χ1) is 9.40. The van der Waals surface area contributed by atoms with E-state index in [-0.39, 0.29) is 24.0 Å². The third kappa shape index (κ3) is 5.24. The van der Waals surface area contributed by atoms with Gasteiger partial charge in [0.25, 0.3) is 0 Å². The summed E-state index contributed by atoms with van der Waals surface area (Å²) in [6, 6.07) is 5.63. The average molecular weight is 405 g/mol. The standard InChI is InChI=1S/C15H23N3S.HI/c1-2-5-12(4-1)17-15(18-13-7-8-13)16-10-9-14-6-3-11-19-14;/h3,6,11-13H,1-2,4-5,7-10H2,(H2,16,17,18);1H. The fourth-order valence-corrected chi connectivity index (χ4v) is 3.25. The number of aliphatic imine (C=N–C) groups is 1. The summed E-state index contributed by atoms with van der Waals surface area (Å²) in [6.07, 6.45) is 8.99. The first-order valence-electron chi connectivity index (χ1n) is 7.50. The van der Waals surface area contributed by atoms with Crippen LogP contribution in [0, 0.1) is 0 Å². The number of guanidine groups is 1. The van der Waals surface area contributed by atoms with Crippen LogP contribution in [0.25, 0.3) is 0 Å². The van der Waals surface area contributed by atoms with Crippen LogP contribution in [0.3, 0.4) is 0 Å². The Morgan fingerprint density at radius 3 is 2.45 bits per heavy atom. The molecule has 0 atom stereocenters. The molecule has 0 amide bonds. The second-order valence-corrected chi connectivity index (χ2v) is 6.64. The number of thiophene rings is 1. The summed E-state index contributed by atoms with van der Waals surface area (Å²) in [5.74, 6) is 1.05. The van der Waals surface area contributed by atoms with Crippen LogP contribution in [0.5, 0.6) is 0 Å². The Labute approximate surface area is 142 Å². The second-order valence-electron chi connectivity index (χ2n) is 5.60. The van der Waals surface area contributed by atoms with E-state index in [1.165, 1.54) is 43.4 Å². The summed E-state index contributed by atoms with van der Waals surface area (Å²) in [6.45, 7) is 0.884. The number of nitrogens with zero attached hydrogens (tertiary/aromatic N) is 1. The van der Waals surface area contributed by atoms with Crippen LogP contribution in [0.4, 0.5) is 0 Å². The fraction of sp³-hybridized carbons (Fsp3) is 0.667. The molecule has 1 heterocycles. The molecule has 112 valence electrons. The zero-order valence-corrected chi connectivity index (χ0v) is 15.0. The smallest absolute Gasteiger partial charge is 0.191 e. The minimum atomic E-state index is 0. The summed E-state index contributed by atoms with van der Waals surface area (Å²) < 4.78 is 0. The van der Waals surface area contributed by atoms with Gasteiger partial charge in [0, 0.05) is 29.9 Å². The summed E-state index contributed by atoms with van der Waals surface area (Å²) >= 11 is 1.82. The van der Waals surface area contributed by atoms with E-state index in [0.717, 1.165) is 18.9 Å². The van der Waals surface area contributed by atoms with Gasteiger partial charge in [-0.2, -0.15) is 0 Å². The van der Waals surface area contributed by atoms with E-state index >= 15 is 0 Å². The van der Waals surface area contributed by atoms with Crippen LogP contribution >= 0.6 is 35.3 Å². The van der Waals surface area contributed by atoms with Crippen molar-refractivity contribution in [3.8, 4) is 0 Å². The monoisotopic (exact) mass is 405 g/mol. The molecule has 5 heteroatoms. The quantitative estimate of drug-likeness (QED) is 0.447. The number of hydrogen-bond donors (Lipinski definition) is 2. The molecule has 0 saturated heterocycles. The molecular formula is C15H24IN3S. The molecule has 0 aromatic carbocycles. The molecule has 20 heavy (non-hydrogen) atoms. The lowest BCUT2D eigenvalue weighted by atomic mass is 10.2. The van der Waals surface area contributed by atoms with Crippen LogP contribution in [0.1, 0.15) is 43.4 Å². The van der Waals surface area contributed by atoms with Crippen LogP contribution < -0.4 is 10.6 Å². The highest BCUT2D eigenvalue weighted by Crippen LogP contribution is 2.20. The molecule has 3 rings (SSSR count). The molecule has 0 unspecified atom stereocenters. The van der Waals surface area contributed by atoms with Crippen molar-refractivity contribution >= 4 is 41.3 Å². The Kier molecular flexibility index (Phi) is 6.61. The lowest BCUT2D eigenvalue weighted by molar-refractivity contribution is 0.611. The molecule has 0 radical (unpaired) electrons. The Bertz CT molecular complexity index is 409. The molecule has 2 fully saturated rings. The zero-order chi connectivity index (χ0) is 12.9. The normalized spacial score (nSPS) is 19.7. The van der Waals surface area contributed by atoms with E-state index in [0.29, 0.717) is 12.1 Å². The molecule has 2 N–H and O–H groups in total. The molecule has 2 aliphatic carbocycles. The van der Waals surface area contributed by atoms with Gasteiger partial charge in [-0.15, -0.1) is 35.3 Å². The van der Waals surface area contributed by atoms with Crippen molar-refractivity contribution in [1.29, 1.82) is 0 Å². The van der Waals surface area contributed by atoms with Gasteiger partial charge in [0.1, 0.15) is 0 Å². The van der Waals surface area contributed by atoms with Gasteiger partial charge in [0.15, 0.2) is 5.96 Å². The van der Waals surface area contributed by atoms with Crippen LogP contribution in [0.15, 0.2) is 22.5 Å². The molecule has 1 aromatic heterocycles. The van der Waals surface area contributed by atoms with Crippen LogP contribution in [-0.2, 0) is 6.42 Å². The second kappa shape index (κ2) is 8.22. The van der Waals surface area contributed by atoms with Gasteiger partial charge < -0.3 is 10.6 Å². The van der Waals surface area contributed by atoms with Crippen molar-refractivity contribution in [3.63, 3.8) is 0 Å². The summed E-state index contributed by atoms with van der Waals surface area (Å²) in [5.41, 5.74) is 0. The summed E-state index contributed by atoms with van der Waals surface area (Å²) in [5, 5.41) is 9.29. The van der Waals surface area contributed by atoms with Gasteiger partial charge in [-0.25, -0.2) is 0 Å². The van der Waals surface area contributed by atoms with E-state index in [4.69, 9.17) is 4.99 Å². The van der Waals surface area contributed by atoms with Crippen molar-refractivity contribution < 1.29 is 0 Å². The predicted octanol–water partition coefficient (Wildman–Crippen LogP) is 3.55. The Hall–Kier alpha value is -0.300. The molecule has 1 aromatic rings. The molecule has 0 bridgehead atoms. The highest BCUT2D eigenvalue weighted by molar-refractivity contribution is 14.0. The first kappa shape index (κ1) is 16.1. The molecular weight excluding hydrogens is 381 g/mol. The SMILES string of the molecule is I.c1csc(CCN=C(NC2CCCC2)NC2CC2)c1. The van der Waals surface area contributed by atoms with Crippen LogP contribution in [-0.4, -0.2) is 24.6 Å². The largest absolute Gasteiger partial charge is 0.354 e. The maximum absolute atomic E-state index is 4.74. The number of halogens is 1. The predicted molar refractivity (Wildman–Crippen MR) is 97.3 cm³/mol. The van der Waals surface area contributed by atoms with Gasteiger partial charge in [0.2, 0.25) is 0 Å². The lowest BCUT2D eigenvalue weighted by Crippen LogP contribution is -2.43. The zero-order valence-electron chi connectivity index (χ0n) is 11.8. The Balaban J connectivity index is 0.00000147. The van der Waals surface area contributed by atoms with E-state index < -0.39 is 0 Å². The number of rotatable bonds is 5. The Morgan fingerprint density at radius 2 is 1.85 bits per heavy atom. The highest BCUT2D eigenvalue weighted by Gasteiger charge is 2.24.